The van der Waals surface area contributed by atoms with Gasteiger partial charge >= 0.3 is 5.97 Å². The Morgan fingerprint density at radius 3 is 2.47 bits per heavy atom. The molecule has 0 spiro atoms. The summed E-state index contributed by atoms with van der Waals surface area (Å²) >= 11 is 5.86. The second kappa shape index (κ2) is 6.06. The highest BCUT2D eigenvalue weighted by atomic mass is 35.5. The Hall–Kier alpha value is -1.55. The van der Waals surface area contributed by atoms with Gasteiger partial charge in [0.2, 0.25) is 5.91 Å². The molecule has 19 heavy (non-hydrogen) atoms. The summed E-state index contributed by atoms with van der Waals surface area (Å²) in [5.41, 5.74) is 0.586. The van der Waals surface area contributed by atoms with E-state index >= 15 is 0 Å². The Labute approximate surface area is 116 Å². The first kappa shape index (κ1) is 13.9. The third-order valence-electron chi connectivity index (χ3n) is 3.44. The minimum Gasteiger partial charge on any atom is -0.478 e. The molecule has 1 fully saturated rings. The summed E-state index contributed by atoms with van der Waals surface area (Å²) in [5.74, 6) is -1.01. The number of carboxylic acid groups (broad SMARTS) is 1. The molecule has 0 unspecified atom stereocenters. The molecule has 0 heterocycles. The Morgan fingerprint density at radius 2 is 1.89 bits per heavy atom. The number of nitrogens with one attached hydrogen (secondary N) is 1. The molecular formula is C14H16ClNO3. The summed E-state index contributed by atoms with van der Waals surface area (Å²) < 4.78 is 0. The van der Waals surface area contributed by atoms with Crippen LogP contribution in [-0.2, 0) is 4.79 Å². The lowest BCUT2D eigenvalue weighted by atomic mass is 9.88. The molecule has 0 bridgehead atoms. The van der Waals surface area contributed by atoms with E-state index in [1.807, 2.05) is 0 Å². The van der Waals surface area contributed by atoms with Crippen LogP contribution in [0.2, 0.25) is 5.02 Å². The van der Waals surface area contributed by atoms with E-state index in [1.54, 1.807) is 6.07 Å². The van der Waals surface area contributed by atoms with Gasteiger partial charge in [0.1, 0.15) is 0 Å². The fourth-order valence-electron chi connectivity index (χ4n) is 2.38. The highest BCUT2D eigenvalue weighted by Crippen LogP contribution is 2.26. The van der Waals surface area contributed by atoms with Crippen molar-refractivity contribution in [2.45, 2.75) is 32.1 Å². The summed E-state index contributed by atoms with van der Waals surface area (Å²) in [6.45, 7) is 0. The summed E-state index contributed by atoms with van der Waals surface area (Å²) in [7, 11) is 0. The highest BCUT2D eigenvalue weighted by molar-refractivity contribution is 6.33. The standard InChI is InChI=1S/C14H16ClNO3/c15-12-8-10(6-7-11(12)14(18)19)16-13(17)9-4-2-1-3-5-9/h6-9H,1-5H2,(H,16,17)(H,18,19). The topological polar surface area (TPSA) is 66.4 Å². The zero-order valence-electron chi connectivity index (χ0n) is 10.5. The van der Waals surface area contributed by atoms with E-state index in [0.29, 0.717) is 5.69 Å². The number of aromatic carboxylic acids is 1. The zero-order chi connectivity index (χ0) is 13.8. The SMILES string of the molecule is O=C(O)c1ccc(NC(=O)C2CCCCC2)cc1Cl. The largest absolute Gasteiger partial charge is 0.478 e. The quantitative estimate of drug-likeness (QED) is 0.890. The van der Waals surface area contributed by atoms with Gasteiger partial charge in [0, 0.05) is 11.6 Å². The molecule has 0 saturated heterocycles. The summed E-state index contributed by atoms with van der Waals surface area (Å²) in [6, 6.07) is 4.45. The second-order valence-electron chi connectivity index (χ2n) is 4.82. The van der Waals surface area contributed by atoms with E-state index in [9.17, 15) is 9.59 Å². The normalized spacial score (nSPS) is 16.1. The van der Waals surface area contributed by atoms with Crippen molar-refractivity contribution in [1.29, 1.82) is 0 Å². The third kappa shape index (κ3) is 3.47. The predicted octanol–water partition coefficient (Wildman–Crippen LogP) is 3.56. The molecule has 1 aliphatic carbocycles. The smallest absolute Gasteiger partial charge is 0.337 e. The van der Waals surface area contributed by atoms with E-state index in [2.05, 4.69) is 5.32 Å². The van der Waals surface area contributed by atoms with Crippen LogP contribution in [0.25, 0.3) is 0 Å². The molecule has 102 valence electrons. The average molecular weight is 282 g/mol. The highest BCUT2D eigenvalue weighted by Gasteiger charge is 2.21. The van der Waals surface area contributed by atoms with Crippen LogP contribution in [0.15, 0.2) is 18.2 Å². The Morgan fingerprint density at radius 1 is 1.21 bits per heavy atom. The molecule has 1 amide bonds. The number of hydrogen-bond acceptors (Lipinski definition) is 2. The zero-order valence-corrected chi connectivity index (χ0v) is 11.2. The van der Waals surface area contributed by atoms with Gasteiger partial charge in [0.15, 0.2) is 0 Å². The van der Waals surface area contributed by atoms with Gasteiger partial charge in [0.25, 0.3) is 0 Å². The van der Waals surface area contributed by atoms with Gasteiger partial charge in [-0.05, 0) is 31.0 Å². The maximum absolute atomic E-state index is 12.0. The molecule has 1 aromatic carbocycles. The number of amides is 1. The Balaban J connectivity index is 2.04. The average Bonchev–Trinajstić information content (AvgIpc) is 2.39. The van der Waals surface area contributed by atoms with E-state index < -0.39 is 5.97 Å². The van der Waals surface area contributed by atoms with Gasteiger partial charge in [-0.25, -0.2) is 4.79 Å². The molecule has 1 saturated carbocycles. The molecule has 4 nitrogen and oxygen atoms in total. The molecule has 2 rings (SSSR count). The Bertz CT molecular complexity index is 495. The van der Waals surface area contributed by atoms with Gasteiger partial charge in [0.05, 0.1) is 10.6 Å². The number of carboxylic acids is 1. The molecule has 0 radical (unpaired) electrons. The van der Waals surface area contributed by atoms with Crippen molar-refractivity contribution in [2.24, 2.45) is 5.92 Å². The molecule has 5 heteroatoms. The van der Waals surface area contributed by atoms with E-state index in [-0.39, 0.29) is 22.4 Å². The summed E-state index contributed by atoms with van der Waals surface area (Å²) in [6.07, 6.45) is 5.23. The van der Waals surface area contributed by atoms with Crippen LogP contribution in [0.4, 0.5) is 5.69 Å². The van der Waals surface area contributed by atoms with Crippen LogP contribution in [0.5, 0.6) is 0 Å². The van der Waals surface area contributed by atoms with Gasteiger partial charge in [-0.3, -0.25) is 4.79 Å². The molecule has 0 aromatic heterocycles. The lowest BCUT2D eigenvalue weighted by Gasteiger charge is -2.20. The van der Waals surface area contributed by atoms with Crippen molar-refractivity contribution in [3.63, 3.8) is 0 Å². The van der Waals surface area contributed by atoms with Crippen LogP contribution < -0.4 is 5.32 Å². The van der Waals surface area contributed by atoms with Crippen molar-refractivity contribution >= 4 is 29.2 Å². The molecule has 2 N–H and O–H groups in total. The minimum atomic E-state index is -1.07. The monoisotopic (exact) mass is 281 g/mol. The van der Waals surface area contributed by atoms with Crippen molar-refractivity contribution in [3.8, 4) is 0 Å². The maximum Gasteiger partial charge on any atom is 0.337 e. The first-order valence-electron chi connectivity index (χ1n) is 6.41. The van der Waals surface area contributed by atoms with Gasteiger partial charge in [-0.15, -0.1) is 0 Å². The Kier molecular flexibility index (Phi) is 4.43. The van der Waals surface area contributed by atoms with Crippen molar-refractivity contribution in [3.05, 3.63) is 28.8 Å². The van der Waals surface area contributed by atoms with Crippen molar-refractivity contribution in [1.82, 2.24) is 0 Å². The van der Waals surface area contributed by atoms with Crippen molar-refractivity contribution < 1.29 is 14.7 Å². The first-order chi connectivity index (χ1) is 9.08. The van der Waals surface area contributed by atoms with E-state index in [1.165, 1.54) is 18.6 Å². The molecule has 1 aliphatic rings. The number of halogens is 1. The lowest BCUT2D eigenvalue weighted by Crippen LogP contribution is -2.24. The fourth-order valence-corrected chi connectivity index (χ4v) is 2.64. The summed E-state index contributed by atoms with van der Waals surface area (Å²) in [5, 5.41) is 11.8. The van der Waals surface area contributed by atoms with Crippen LogP contribution in [0.1, 0.15) is 42.5 Å². The van der Waals surface area contributed by atoms with Crippen molar-refractivity contribution in [2.75, 3.05) is 5.32 Å². The van der Waals surface area contributed by atoms with Crippen LogP contribution in [0, 0.1) is 5.92 Å². The van der Waals surface area contributed by atoms with Gasteiger partial charge < -0.3 is 10.4 Å². The fraction of sp³-hybridized carbons (Fsp3) is 0.429. The number of hydrogen-bond donors (Lipinski definition) is 2. The van der Waals surface area contributed by atoms with Gasteiger partial charge in [-0.1, -0.05) is 30.9 Å². The minimum absolute atomic E-state index is 0.00107. The molecule has 0 aliphatic heterocycles. The number of carbonyl (C=O) groups is 2. The number of benzene rings is 1. The third-order valence-corrected chi connectivity index (χ3v) is 3.76. The van der Waals surface area contributed by atoms with E-state index in [4.69, 9.17) is 16.7 Å². The maximum atomic E-state index is 12.0. The lowest BCUT2D eigenvalue weighted by molar-refractivity contribution is -0.120. The summed E-state index contributed by atoms with van der Waals surface area (Å²) in [4.78, 5) is 22.9. The number of rotatable bonds is 3. The van der Waals surface area contributed by atoms with Crippen LogP contribution in [0.3, 0.4) is 0 Å². The van der Waals surface area contributed by atoms with Gasteiger partial charge in [-0.2, -0.15) is 0 Å². The second-order valence-corrected chi connectivity index (χ2v) is 5.23. The first-order valence-corrected chi connectivity index (χ1v) is 6.79. The van der Waals surface area contributed by atoms with Crippen LogP contribution >= 0.6 is 11.6 Å². The molecular weight excluding hydrogens is 266 g/mol. The number of anilines is 1. The predicted molar refractivity (Wildman–Crippen MR) is 73.6 cm³/mol. The molecule has 1 aromatic rings. The van der Waals surface area contributed by atoms with Crippen LogP contribution in [-0.4, -0.2) is 17.0 Å². The molecule has 0 atom stereocenters. The number of carbonyl (C=O) groups excluding carboxylic acids is 1. The van der Waals surface area contributed by atoms with E-state index in [0.717, 1.165) is 25.7 Å².